The first-order valence-electron chi connectivity index (χ1n) is 4.84. The Hall–Kier alpha value is 1.52. The summed E-state index contributed by atoms with van der Waals surface area (Å²) in [6.45, 7) is 0.995. The number of carbonyl (C=O) groups is 3. The van der Waals surface area contributed by atoms with Gasteiger partial charge in [-0.05, 0) is 6.92 Å². The Kier molecular flexibility index (Phi) is 19.6. The fourth-order valence-corrected chi connectivity index (χ4v) is 1.90. The van der Waals surface area contributed by atoms with E-state index in [9.17, 15) is 34.1 Å². The maximum absolute atomic E-state index is 11.5. The molecule has 0 aromatic carbocycles. The van der Waals surface area contributed by atoms with E-state index in [2.05, 4.69) is 9.26 Å². The largest absolute Gasteiger partial charge is 1.00 e. The van der Waals surface area contributed by atoms with Gasteiger partial charge in [-0.1, -0.05) is 0 Å². The van der Waals surface area contributed by atoms with Gasteiger partial charge in [0.1, 0.15) is 0 Å². The molecule has 0 bridgehead atoms. The van der Waals surface area contributed by atoms with Crippen molar-refractivity contribution in [1.29, 1.82) is 0 Å². The zero-order valence-electron chi connectivity index (χ0n) is 12.7. The molecule has 0 fully saturated rings. The Balaban J connectivity index is -0.000000540. The molecule has 0 aromatic heterocycles. The molecule has 0 aromatic rings. The second-order valence-electron chi connectivity index (χ2n) is 3.37. The molecule has 0 aliphatic rings. The van der Waals surface area contributed by atoms with Crippen molar-refractivity contribution < 1.29 is 137 Å². The standard InChI is InChI=1S/C8H13O10P.3Na/c1-2-17-7(13)8(3-5(9)10,4-6(11)12)18-19(14,15)16;;;/h2-4H2,1H3,(H,9,10)(H,11,12)(H2,14,15,16);;;/q;3*+1/p-3. The van der Waals surface area contributed by atoms with Crippen LogP contribution >= 0.6 is 7.82 Å². The van der Waals surface area contributed by atoms with E-state index in [1.54, 1.807) is 0 Å². The van der Waals surface area contributed by atoms with Crippen molar-refractivity contribution in [2.45, 2.75) is 25.4 Å². The molecule has 110 valence electrons. The van der Waals surface area contributed by atoms with Crippen molar-refractivity contribution in [3.8, 4) is 0 Å². The molecule has 22 heavy (non-hydrogen) atoms. The van der Waals surface area contributed by atoms with Crippen molar-refractivity contribution in [3.05, 3.63) is 0 Å². The normalized spacial score (nSPS) is 12.5. The molecule has 0 aliphatic carbocycles. The number of esters is 1. The minimum Gasteiger partial charge on any atom is -0.756 e. The summed E-state index contributed by atoms with van der Waals surface area (Å²) in [6, 6.07) is 0. The molecular formula is C8H10Na3O10P. The third-order valence-electron chi connectivity index (χ3n) is 1.80. The van der Waals surface area contributed by atoms with Gasteiger partial charge in [-0.25, -0.2) is 4.79 Å². The van der Waals surface area contributed by atoms with E-state index in [1.165, 1.54) is 6.92 Å². The van der Waals surface area contributed by atoms with E-state index < -0.39 is 44.2 Å². The fourth-order valence-electron chi connectivity index (χ4n) is 1.26. The molecule has 10 nitrogen and oxygen atoms in total. The third kappa shape index (κ3) is 12.9. The molecule has 0 rings (SSSR count). The van der Waals surface area contributed by atoms with Crippen LogP contribution < -0.4 is 104 Å². The quantitative estimate of drug-likeness (QED) is 0.246. The summed E-state index contributed by atoms with van der Waals surface area (Å²) >= 11 is 0. The Morgan fingerprint density at radius 2 is 1.45 bits per heavy atom. The minimum atomic E-state index is -5.61. The predicted octanol–water partition coefficient (Wildman–Crippen LogP) is -12.9. The minimum absolute atomic E-state index is 0. The first-order valence-corrected chi connectivity index (χ1v) is 6.33. The molecule has 0 aliphatic heterocycles. The van der Waals surface area contributed by atoms with Gasteiger partial charge in [-0.3, -0.25) is 9.09 Å². The molecule has 1 N–H and O–H groups in total. The maximum atomic E-state index is 11.5. The molecular weight excluding hydrogens is 356 g/mol. The van der Waals surface area contributed by atoms with Gasteiger partial charge >= 0.3 is 94.6 Å². The number of hydrogen-bond donors (Lipinski definition) is 1. The molecule has 0 heterocycles. The molecule has 1 atom stereocenters. The average Bonchev–Trinajstić information content (AvgIpc) is 2.12. The van der Waals surface area contributed by atoms with Gasteiger partial charge in [-0.2, -0.15) is 0 Å². The van der Waals surface area contributed by atoms with E-state index >= 15 is 0 Å². The van der Waals surface area contributed by atoms with Crippen LogP contribution in [0.3, 0.4) is 0 Å². The van der Waals surface area contributed by atoms with Crippen LogP contribution in [-0.4, -0.2) is 35.0 Å². The topological polar surface area (TPSA) is 176 Å². The van der Waals surface area contributed by atoms with E-state index in [4.69, 9.17) is 4.89 Å². The molecule has 0 saturated heterocycles. The number of carboxylic acid groups (broad SMARTS) is 2. The summed E-state index contributed by atoms with van der Waals surface area (Å²) in [5.74, 6) is -5.56. The van der Waals surface area contributed by atoms with E-state index in [1.807, 2.05) is 0 Å². The van der Waals surface area contributed by atoms with Gasteiger partial charge in [0.2, 0.25) is 0 Å². The second kappa shape index (κ2) is 13.8. The fraction of sp³-hybridized carbons (Fsp3) is 0.625. The number of carbonyl (C=O) groups excluding carboxylic acids is 3. The van der Waals surface area contributed by atoms with E-state index in [-0.39, 0.29) is 95.3 Å². The first-order chi connectivity index (χ1) is 8.52. The summed E-state index contributed by atoms with van der Waals surface area (Å²) in [5, 5.41) is 21.0. The van der Waals surface area contributed by atoms with Gasteiger partial charge in [0, 0.05) is 24.8 Å². The Morgan fingerprint density at radius 3 is 1.68 bits per heavy atom. The van der Waals surface area contributed by atoms with Gasteiger partial charge in [0.15, 0.2) is 5.60 Å². The molecule has 0 radical (unpaired) electrons. The van der Waals surface area contributed by atoms with Crippen molar-refractivity contribution in [1.82, 2.24) is 0 Å². The van der Waals surface area contributed by atoms with Crippen LogP contribution in [0.15, 0.2) is 0 Å². The molecule has 14 heteroatoms. The van der Waals surface area contributed by atoms with Crippen LogP contribution in [0.5, 0.6) is 0 Å². The number of ether oxygens (including phenoxy) is 1. The van der Waals surface area contributed by atoms with Crippen LogP contribution in [0.2, 0.25) is 0 Å². The SMILES string of the molecule is CCOC(=O)C(CC(=O)[O-])(CC(=O)[O-])OP(=O)([O-])O.[Na+].[Na+].[Na+]. The summed E-state index contributed by atoms with van der Waals surface area (Å²) in [6.07, 6.45) is -2.90. The number of phosphoric acid groups is 1. The van der Waals surface area contributed by atoms with Crippen LogP contribution in [0.25, 0.3) is 0 Å². The summed E-state index contributed by atoms with van der Waals surface area (Å²) in [5.41, 5.74) is -2.97. The van der Waals surface area contributed by atoms with Crippen LogP contribution in [0.1, 0.15) is 19.8 Å². The van der Waals surface area contributed by atoms with Gasteiger partial charge in [0.25, 0.3) is 7.82 Å². The number of hydrogen-bond acceptors (Lipinski definition) is 9. The smallest absolute Gasteiger partial charge is 0.756 e. The van der Waals surface area contributed by atoms with Crippen molar-refractivity contribution in [2.75, 3.05) is 6.61 Å². The zero-order valence-corrected chi connectivity index (χ0v) is 19.6. The predicted molar refractivity (Wildman–Crippen MR) is 49.5 cm³/mol. The van der Waals surface area contributed by atoms with Crippen LogP contribution in [-0.2, 0) is 28.2 Å². The monoisotopic (exact) mass is 366 g/mol. The van der Waals surface area contributed by atoms with E-state index in [0.717, 1.165) is 0 Å². The Bertz CT molecular complexity index is 406. The summed E-state index contributed by atoms with van der Waals surface area (Å²) in [4.78, 5) is 51.7. The van der Waals surface area contributed by atoms with Crippen molar-refractivity contribution >= 4 is 25.7 Å². The van der Waals surface area contributed by atoms with Crippen LogP contribution in [0, 0.1) is 0 Å². The van der Waals surface area contributed by atoms with Crippen molar-refractivity contribution in [3.63, 3.8) is 0 Å². The number of aliphatic carboxylic acids is 2. The summed E-state index contributed by atoms with van der Waals surface area (Å²) in [7, 11) is -5.61. The van der Waals surface area contributed by atoms with Gasteiger partial charge in [0.05, 0.1) is 6.61 Å². The van der Waals surface area contributed by atoms with Gasteiger partial charge < -0.3 is 34.3 Å². The summed E-state index contributed by atoms with van der Waals surface area (Å²) < 4.78 is 18.9. The Labute approximate surface area is 192 Å². The average molecular weight is 366 g/mol. The number of carboxylic acids is 2. The van der Waals surface area contributed by atoms with Crippen molar-refractivity contribution in [2.24, 2.45) is 0 Å². The molecule has 0 amide bonds. The number of rotatable bonds is 8. The molecule has 0 spiro atoms. The second-order valence-corrected chi connectivity index (χ2v) is 4.49. The number of phosphoric ester groups is 1. The molecule has 1 unspecified atom stereocenters. The zero-order chi connectivity index (χ0) is 15.3. The van der Waals surface area contributed by atoms with Crippen LogP contribution in [0.4, 0.5) is 0 Å². The first kappa shape index (κ1) is 31.3. The maximum Gasteiger partial charge on any atom is 1.00 e. The van der Waals surface area contributed by atoms with E-state index in [0.29, 0.717) is 0 Å². The Morgan fingerprint density at radius 1 is 1.09 bits per heavy atom. The van der Waals surface area contributed by atoms with Gasteiger partial charge in [-0.15, -0.1) is 0 Å². The molecule has 0 saturated carbocycles. The third-order valence-corrected chi connectivity index (χ3v) is 2.38.